The van der Waals surface area contributed by atoms with Gasteiger partial charge in [0.25, 0.3) is 0 Å². The first kappa shape index (κ1) is 17.8. The summed E-state index contributed by atoms with van der Waals surface area (Å²) in [5, 5.41) is 1.50. The number of halogens is 1. The van der Waals surface area contributed by atoms with E-state index in [-0.39, 0.29) is 5.76 Å². The van der Waals surface area contributed by atoms with Gasteiger partial charge in [-0.2, -0.15) is 4.99 Å². The summed E-state index contributed by atoms with van der Waals surface area (Å²) in [5.74, 6) is 0.371. The van der Waals surface area contributed by atoms with Crippen molar-refractivity contribution in [3.63, 3.8) is 0 Å². The molecule has 5 nitrogen and oxygen atoms in total. The van der Waals surface area contributed by atoms with Gasteiger partial charge in [-0.05, 0) is 43.7 Å². The number of fused-ring (bicyclic) bond motifs is 2. The third-order valence-corrected chi connectivity index (χ3v) is 5.87. The number of benzene rings is 2. The number of ether oxygens (including phenoxy) is 1. The Balaban J connectivity index is 1.81. The second-order valence-electron chi connectivity index (χ2n) is 6.10. The number of carbonyl (C=O) groups is 1. The molecule has 0 aliphatic rings. The molecule has 0 bridgehead atoms. The number of furan rings is 1. The largest absolute Gasteiger partial charge is 0.490 e. The van der Waals surface area contributed by atoms with Crippen LogP contribution in [0.5, 0.6) is 5.75 Å². The van der Waals surface area contributed by atoms with Gasteiger partial charge >= 0.3 is 5.91 Å². The molecule has 0 aliphatic carbocycles. The van der Waals surface area contributed by atoms with Gasteiger partial charge in [-0.25, -0.2) is 0 Å². The maximum absolute atomic E-state index is 12.7. The lowest BCUT2D eigenvalue weighted by atomic mass is 10.2. The minimum atomic E-state index is -0.431. The molecule has 2 aromatic heterocycles. The molecule has 0 saturated heterocycles. The number of rotatable bonds is 3. The maximum atomic E-state index is 12.7. The van der Waals surface area contributed by atoms with Gasteiger partial charge in [0.05, 0.1) is 16.8 Å². The highest BCUT2D eigenvalue weighted by Crippen LogP contribution is 2.29. The average Bonchev–Trinajstić information content (AvgIpc) is 3.22. The lowest BCUT2D eigenvalue weighted by molar-refractivity contribution is 0.0973. The quantitative estimate of drug-likeness (QED) is 0.481. The van der Waals surface area contributed by atoms with Gasteiger partial charge < -0.3 is 13.7 Å². The summed E-state index contributed by atoms with van der Waals surface area (Å²) in [7, 11) is 1.88. The predicted molar refractivity (Wildman–Crippen MR) is 108 cm³/mol. The van der Waals surface area contributed by atoms with Crippen LogP contribution in [-0.4, -0.2) is 17.1 Å². The van der Waals surface area contributed by atoms with Crippen molar-refractivity contribution in [2.75, 3.05) is 6.61 Å². The first-order chi connectivity index (χ1) is 13.0. The van der Waals surface area contributed by atoms with E-state index in [9.17, 15) is 4.79 Å². The summed E-state index contributed by atoms with van der Waals surface area (Å²) >= 11 is 7.66. The van der Waals surface area contributed by atoms with E-state index in [0.29, 0.717) is 27.8 Å². The van der Waals surface area contributed by atoms with Gasteiger partial charge in [0.2, 0.25) is 0 Å². The zero-order chi connectivity index (χ0) is 19.1. The zero-order valence-corrected chi connectivity index (χ0v) is 16.6. The Morgan fingerprint density at radius 3 is 2.93 bits per heavy atom. The molecule has 4 rings (SSSR count). The van der Waals surface area contributed by atoms with Crippen LogP contribution in [0.2, 0.25) is 5.02 Å². The highest BCUT2D eigenvalue weighted by Gasteiger charge is 2.16. The molecule has 2 aromatic carbocycles. The monoisotopic (exact) mass is 400 g/mol. The Kier molecular flexibility index (Phi) is 4.53. The number of carbonyl (C=O) groups excluding carboxylic acids is 1. The molecule has 0 aliphatic heterocycles. The first-order valence-electron chi connectivity index (χ1n) is 8.48. The van der Waals surface area contributed by atoms with Crippen LogP contribution in [0, 0.1) is 6.92 Å². The normalized spacial score (nSPS) is 12.2. The Hall–Kier alpha value is -2.57. The molecular weight excluding hydrogens is 384 g/mol. The van der Waals surface area contributed by atoms with Crippen LogP contribution in [0.1, 0.15) is 23.0 Å². The molecule has 27 heavy (non-hydrogen) atoms. The third kappa shape index (κ3) is 3.05. The van der Waals surface area contributed by atoms with E-state index in [1.165, 1.54) is 11.3 Å². The van der Waals surface area contributed by atoms with Crippen molar-refractivity contribution in [3.05, 3.63) is 57.5 Å². The molecule has 7 heteroatoms. The average molecular weight is 401 g/mol. The third-order valence-electron chi connectivity index (χ3n) is 4.37. The van der Waals surface area contributed by atoms with Gasteiger partial charge in [-0.3, -0.25) is 4.79 Å². The second-order valence-corrected chi connectivity index (χ2v) is 7.51. The molecule has 0 saturated carbocycles. The van der Waals surface area contributed by atoms with Crippen molar-refractivity contribution in [2.24, 2.45) is 12.0 Å². The van der Waals surface area contributed by atoms with Crippen LogP contribution in [0.4, 0.5) is 0 Å². The number of aryl methyl sites for hydroxylation is 2. The number of aromatic nitrogens is 1. The molecule has 0 fully saturated rings. The van der Waals surface area contributed by atoms with Gasteiger partial charge in [0.1, 0.15) is 0 Å². The Bertz CT molecular complexity index is 1250. The standard InChI is InChI=1S/C20H17ClN2O3S/c1-4-25-14-7-5-6-12-10-15(26-18(12)14)19(24)22-20-23(3)17-11(2)13(21)8-9-16(17)27-20/h5-10H,4H2,1-3H3. The topological polar surface area (TPSA) is 56.7 Å². The first-order valence-corrected chi connectivity index (χ1v) is 9.68. The molecule has 0 atom stereocenters. The Morgan fingerprint density at radius 2 is 2.15 bits per heavy atom. The number of hydrogen-bond acceptors (Lipinski definition) is 4. The Labute approximate surface area is 164 Å². The van der Waals surface area contributed by atoms with Gasteiger partial charge in [-0.15, -0.1) is 0 Å². The molecule has 0 N–H and O–H groups in total. The Morgan fingerprint density at radius 1 is 1.33 bits per heavy atom. The van der Waals surface area contributed by atoms with E-state index in [1.807, 2.05) is 55.8 Å². The van der Waals surface area contributed by atoms with Crippen molar-refractivity contribution in [3.8, 4) is 5.75 Å². The van der Waals surface area contributed by atoms with Crippen LogP contribution >= 0.6 is 22.9 Å². The summed E-state index contributed by atoms with van der Waals surface area (Å²) < 4.78 is 14.2. The second kappa shape index (κ2) is 6.87. The van der Waals surface area contributed by atoms with Gasteiger partial charge in [-0.1, -0.05) is 35.1 Å². The van der Waals surface area contributed by atoms with E-state index >= 15 is 0 Å². The molecule has 2 heterocycles. The lowest BCUT2D eigenvalue weighted by Crippen LogP contribution is -2.13. The fourth-order valence-corrected chi connectivity index (χ4v) is 4.29. The van der Waals surface area contributed by atoms with Crippen molar-refractivity contribution in [1.82, 2.24) is 4.57 Å². The number of para-hydroxylation sites is 1. The molecule has 0 spiro atoms. The minimum absolute atomic E-state index is 0.185. The van der Waals surface area contributed by atoms with Crippen molar-refractivity contribution >= 4 is 50.0 Å². The molecule has 138 valence electrons. The number of nitrogens with zero attached hydrogens (tertiary/aromatic N) is 2. The van der Waals surface area contributed by atoms with Gasteiger partial charge in [0.15, 0.2) is 21.9 Å². The van der Waals surface area contributed by atoms with Gasteiger partial charge in [0, 0.05) is 17.5 Å². The molecule has 4 aromatic rings. The molecule has 0 radical (unpaired) electrons. The van der Waals surface area contributed by atoms with Crippen molar-refractivity contribution in [1.29, 1.82) is 0 Å². The van der Waals surface area contributed by atoms with Crippen LogP contribution in [0.3, 0.4) is 0 Å². The SMILES string of the molecule is CCOc1cccc2cc(C(=O)N=c3sc4ccc(Cl)c(C)c4n3C)oc12. The smallest absolute Gasteiger partial charge is 0.315 e. The van der Waals surface area contributed by atoms with E-state index in [4.69, 9.17) is 20.8 Å². The number of thiazole rings is 1. The van der Waals surface area contributed by atoms with Crippen LogP contribution in [0.15, 0.2) is 45.8 Å². The lowest BCUT2D eigenvalue weighted by Gasteiger charge is -2.02. The van der Waals surface area contributed by atoms with Crippen molar-refractivity contribution in [2.45, 2.75) is 13.8 Å². The number of hydrogen-bond donors (Lipinski definition) is 0. The van der Waals surface area contributed by atoms with E-state index in [0.717, 1.165) is 21.2 Å². The van der Waals surface area contributed by atoms with E-state index in [2.05, 4.69) is 4.99 Å². The number of amides is 1. The summed E-state index contributed by atoms with van der Waals surface area (Å²) in [6.45, 7) is 4.38. The summed E-state index contributed by atoms with van der Waals surface area (Å²) in [4.78, 5) is 17.6. The van der Waals surface area contributed by atoms with Crippen LogP contribution in [0.25, 0.3) is 21.2 Å². The van der Waals surface area contributed by atoms with Crippen LogP contribution < -0.4 is 9.54 Å². The predicted octanol–water partition coefficient (Wildman–Crippen LogP) is 5.09. The van der Waals surface area contributed by atoms with E-state index < -0.39 is 5.91 Å². The van der Waals surface area contributed by atoms with Crippen LogP contribution in [-0.2, 0) is 7.05 Å². The highest BCUT2D eigenvalue weighted by atomic mass is 35.5. The summed E-state index contributed by atoms with van der Waals surface area (Å²) in [5.41, 5.74) is 2.50. The summed E-state index contributed by atoms with van der Waals surface area (Å²) in [6, 6.07) is 11.1. The zero-order valence-electron chi connectivity index (χ0n) is 15.1. The maximum Gasteiger partial charge on any atom is 0.315 e. The van der Waals surface area contributed by atoms with Crippen molar-refractivity contribution < 1.29 is 13.9 Å². The minimum Gasteiger partial charge on any atom is -0.490 e. The fourth-order valence-electron chi connectivity index (χ4n) is 3.06. The highest BCUT2D eigenvalue weighted by molar-refractivity contribution is 7.16. The molecular formula is C20H17ClN2O3S. The molecule has 0 unspecified atom stereocenters. The summed E-state index contributed by atoms with van der Waals surface area (Å²) in [6.07, 6.45) is 0. The fraction of sp³-hybridized carbons (Fsp3) is 0.200. The molecule has 1 amide bonds. The van der Waals surface area contributed by atoms with E-state index in [1.54, 1.807) is 6.07 Å².